The fraction of sp³-hybridized carbons (Fsp3) is 0.158. The molecule has 2 aromatic carbocycles. The van der Waals surface area contributed by atoms with E-state index in [1.54, 1.807) is 6.08 Å². The van der Waals surface area contributed by atoms with Crippen LogP contribution in [0, 0.1) is 13.8 Å². The first-order valence-corrected chi connectivity index (χ1v) is 8.28. The molecule has 2 aliphatic rings. The molecule has 0 aromatic heterocycles. The molecule has 0 bridgehead atoms. The number of aryl methyl sites for hydroxylation is 2. The number of anilines is 1. The molecule has 2 aromatic rings. The topological polar surface area (TPSA) is 50.8 Å². The van der Waals surface area contributed by atoms with E-state index in [-0.39, 0.29) is 12.7 Å². The highest BCUT2D eigenvalue weighted by Crippen LogP contribution is 2.33. The third-order valence-electron chi connectivity index (χ3n) is 4.33. The maximum atomic E-state index is 12.8. The van der Waals surface area contributed by atoms with Gasteiger partial charge in [0.15, 0.2) is 16.6 Å². The summed E-state index contributed by atoms with van der Waals surface area (Å²) >= 11 is 5.36. The van der Waals surface area contributed by atoms with Crippen LogP contribution in [0.2, 0.25) is 0 Å². The Bertz CT molecular complexity index is 936. The summed E-state index contributed by atoms with van der Waals surface area (Å²) < 4.78 is 10.7. The van der Waals surface area contributed by atoms with E-state index in [0.29, 0.717) is 22.3 Å². The molecule has 2 aliphatic heterocycles. The first kappa shape index (κ1) is 15.7. The number of fused-ring (bicyclic) bond motifs is 1. The molecule has 0 radical (unpaired) electrons. The van der Waals surface area contributed by atoms with Gasteiger partial charge >= 0.3 is 0 Å². The molecular formula is C19H16N2O3S. The van der Waals surface area contributed by atoms with E-state index in [0.717, 1.165) is 16.8 Å². The summed E-state index contributed by atoms with van der Waals surface area (Å²) in [6.45, 7) is 4.27. The van der Waals surface area contributed by atoms with Crippen LogP contribution in [0.15, 0.2) is 42.1 Å². The van der Waals surface area contributed by atoms with Crippen LogP contribution in [0.1, 0.15) is 16.7 Å². The van der Waals surface area contributed by atoms with Gasteiger partial charge in [0.2, 0.25) is 6.79 Å². The number of nitrogens with zero attached hydrogens (tertiary/aromatic N) is 1. The Morgan fingerprint density at radius 2 is 1.88 bits per heavy atom. The number of ether oxygens (including phenoxy) is 2. The van der Waals surface area contributed by atoms with Crippen molar-refractivity contribution < 1.29 is 14.3 Å². The first-order valence-electron chi connectivity index (χ1n) is 7.87. The predicted octanol–water partition coefficient (Wildman–Crippen LogP) is 3.29. The molecule has 4 rings (SSSR count). The summed E-state index contributed by atoms with van der Waals surface area (Å²) in [4.78, 5) is 14.3. The zero-order chi connectivity index (χ0) is 17.6. The molecule has 1 N–H and O–H groups in total. The van der Waals surface area contributed by atoms with Gasteiger partial charge in [0.25, 0.3) is 5.91 Å². The van der Waals surface area contributed by atoms with Crippen LogP contribution in [0.5, 0.6) is 11.5 Å². The number of carbonyl (C=O) groups excluding carboxylic acids is 1. The average molecular weight is 352 g/mol. The van der Waals surface area contributed by atoms with Gasteiger partial charge in [-0.15, -0.1) is 0 Å². The van der Waals surface area contributed by atoms with Gasteiger partial charge in [-0.3, -0.25) is 9.69 Å². The molecule has 126 valence electrons. The predicted molar refractivity (Wildman–Crippen MR) is 99.7 cm³/mol. The summed E-state index contributed by atoms with van der Waals surface area (Å²) in [6, 6.07) is 11.4. The maximum absolute atomic E-state index is 12.8. The standard InChI is InChI=1S/C19H16N2O3S/c1-11-3-5-14(7-12(11)2)21-18(22)15(20-19(21)25)8-13-4-6-16-17(9-13)24-10-23-16/h3-9H,10H2,1-2H3,(H,20,25)/b15-8-. The van der Waals surface area contributed by atoms with Crippen molar-refractivity contribution in [3.05, 3.63) is 58.8 Å². The quantitative estimate of drug-likeness (QED) is 0.664. The highest BCUT2D eigenvalue weighted by Gasteiger charge is 2.32. The lowest BCUT2D eigenvalue weighted by Gasteiger charge is -2.15. The van der Waals surface area contributed by atoms with Gasteiger partial charge in [0.05, 0.1) is 5.69 Å². The third-order valence-corrected chi connectivity index (χ3v) is 4.62. The Labute approximate surface area is 150 Å². The Morgan fingerprint density at radius 1 is 1.08 bits per heavy atom. The number of amides is 1. The number of hydrogen-bond donors (Lipinski definition) is 1. The molecule has 0 aliphatic carbocycles. The lowest BCUT2D eigenvalue weighted by atomic mass is 10.1. The zero-order valence-corrected chi connectivity index (χ0v) is 14.6. The number of hydrogen-bond acceptors (Lipinski definition) is 4. The Kier molecular flexibility index (Phi) is 3.69. The van der Waals surface area contributed by atoms with Crippen molar-refractivity contribution >= 4 is 35.0 Å². The fourth-order valence-electron chi connectivity index (χ4n) is 2.80. The minimum absolute atomic E-state index is 0.175. The number of thiocarbonyl (C=S) groups is 1. The highest BCUT2D eigenvalue weighted by atomic mass is 32.1. The van der Waals surface area contributed by atoms with Crippen LogP contribution < -0.4 is 19.7 Å². The Morgan fingerprint density at radius 3 is 2.68 bits per heavy atom. The molecule has 0 spiro atoms. The molecule has 2 heterocycles. The molecule has 5 nitrogen and oxygen atoms in total. The van der Waals surface area contributed by atoms with Gasteiger partial charge in [-0.05, 0) is 73.1 Å². The molecule has 0 atom stereocenters. The number of nitrogens with one attached hydrogen (secondary N) is 1. The van der Waals surface area contributed by atoms with Crippen molar-refractivity contribution in [2.24, 2.45) is 0 Å². The van der Waals surface area contributed by atoms with Crippen molar-refractivity contribution in [1.82, 2.24) is 5.32 Å². The van der Waals surface area contributed by atoms with Gasteiger partial charge in [-0.2, -0.15) is 0 Å². The van der Waals surface area contributed by atoms with E-state index < -0.39 is 0 Å². The van der Waals surface area contributed by atoms with Crippen LogP contribution in [0.4, 0.5) is 5.69 Å². The third kappa shape index (κ3) is 2.74. The zero-order valence-electron chi connectivity index (χ0n) is 13.8. The lowest BCUT2D eigenvalue weighted by molar-refractivity contribution is -0.113. The van der Waals surface area contributed by atoms with Gasteiger partial charge in [-0.25, -0.2) is 0 Å². The maximum Gasteiger partial charge on any atom is 0.281 e. The van der Waals surface area contributed by atoms with Crippen LogP contribution in [-0.2, 0) is 4.79 Å². The second-order valence-corrected chi connectivity index (χ2v) is 6.40. The monoisotopic (exact) mass is 352 g/mol. The van der Waals surface area contributed by atoms with Crippen LogP contribution in [-0.4, -0.2) is 17.8 Å². The van der Waals surface area contributed by atoms with Gasteiger partial charge < -0.3 is 14.8 Å². The molecule has 1 saturated heterocycles. The Hall–Kier alpha value is -2.86. The van der Waals surface area contributed by atoms with Gasteiger partial charge in [-0.1, -0.05) is 12.1 Å². The molecule has 1 amide bonds. The fourth-order valence-corrected chi connectivity index (χ4v) is 3.10. The van der Waals surface area contributed by atoms with Crippen LogP contribution >= 0.6 is 12.2 Å². The average Bonchev–Trinajstić information content (AvgIpc) is 3.15. The SMILES string of the molecule is Cc1ccc(N2C(=O)/C(=C/c3ccc4c(c3)OCO4)NC2=S)cc1C. The van der Waals surface area contributed by atoms with E-state index in [9.17, 15) is 4.79 Å². The van der Waals surface area contributed by atoms with Gasteiger partial charge in [0.1, 0.15) is 5.70 Å². The van der Waals surface area contributed by atoms with Crippen LogP contribution in [0.25, 0.3) is 6.08 Å². The normalized spacial score (nSPS) is 17.4. The molecule has 0 saturated carbocycles. The summed E-state index contributed by atoms with van der Waals surface area (Å²) in [6.07, 6.45) is 1.76. The summed E-state index contributed by atoms with van der Waals surface area (Å²) in [5.74, 6) is 1.21. The largest absolute Gasteiger partial charge is 0.454 e. The lowest BCUT2D eigenvalue weighted by Crippen LogP contribution is -2.30. The molecule has 0 unspecified atom stereocenters. The van der Waals surface area contributed by atoms with Crippen molar-refractivity contribution in [3.8, 4) is 11.5 Å². The van der Waals surface area contributed by atoms with E-state index in [1.807, 2.05) is 50.2 Å². The highest BCUT2D eigenvalue weighted by molar-refractivity contribution is 7.80. The first-order chi connectivity index (χ1) is 12.0. The molecular weight excluding hydrogens is 336 g/mol. The summed E-state index contributed by atoms with van der Waals surface area (Å²) in [5.41, 5.74) is 4.32. The minimum atomic E-state index is -0.175. The minimum Gasteiger partial charge on any atom is -0.454 e. The molecule has 25 heavy (non-hydrogen) atoms. The molecule has 1 fully saturated rings. The van der Waals surface area contributed by atoms with E-state index in [2.05, 4.69) is 5.32 Å². The van der Waals surface area contributed by atoms with E-state index in [4.69, 9.17) is 21.7 Å². The van der Waals surface area contributed by atoms with E-state index >= 15 is 0 Å². The number of rotatable bonds is 2. The van der Waals surface area contributed by atoms with Crippen molar-refractivity contribution in [3.63, 3.8) is 0 Å². The summed E-state index contributed by atoms with van der Waals surface area (Å²) in [5, 5.41) is 3.37. The molecule has 6 heteroatoms. The van der Waals surface area contributed by atoms with Crippen molar-refractivity contribution in [2.75, 3.05) is 11.7 Å². The number of carbonyl (C=O) groups is 1. The second kappa shape index (κ2) is 5.89. The van der Waals surface area contributed by atoms with Crippen LogP contribution in [0.3, 0.4) is 0 Å². The smallest absolute Gasteiger partial charge is 0.281 e. The van der Waals surface area contributed by atoms with E-state index in [1.165, 1.54) is 10.5 Å². The van der Waals surface area contributed by atoms with Crippen molar-refractivity contribution in [2.45, 2.75) is 13.8 Å². The van der Waals surface area contributed by atoms with Crippen molar-refractivity contribution in [1.29, 1.82) is 0 Å². The summed E-state index contributed by atoms with van der Waals surface area (Å²) in [7, 11) is 0. The number of benzene rings is 2. The Balaban J connectivity index is 1.65. The van der Waals surface area contributed by atoms with Gasteiger partial charge in [0, 0.05) is 0 Å². The second-order valence-electron chi connectivity index (χ2n) is 6.01.